The summed E-state index contributed by atoms with van der Waals surface area (Å²) >= 11 is -0.490. The molecule has 1 saturated heterocycles. The summed E-state index contributed by atoms with van der Waals surface area (Å²) in [5.41, 5.74) is 10.1. The van der Waals surface area contributed by atoms with Gasteiger partial charge in [0.15, 0.2) is 0 Å². The van der Waals surface area contributed by atoms with E-state index in [1.807, 2.05) is 17.6 Å². The maximum absolute atomic E-state index is 13.4. The number of anilines is 3. The first-order valence-corrected chi connectivity index (χ1v) is 23.1. The molecule has 8 nitrogen and oxygen atoms in total. The molecule has 6 rings (SSSR count). The van der Waals surface area contributed by atoms with Gasteiger partial charge < -0.3 is 9.80 Å². The van der Waals surface area contributed by atoms with Gasteiger partial charge in [-0.2, -0.15) is 6.67 Å². The third-order valence-corrected chi connectivity index (χ3v) is 11.7. The van der Waals surface area contributed by atoms with Crippen LogP contribution in [0.1, 0.15) is 131 Å². The zero-order valence-corrected chi connectivity index (χ0v) is 37.7. The molecule has 0 bridgehead atoms. The molecular weight excluding hydrogens is 823 g/mol. The van der Waals surface area contributed by atoms with Crippen molar-refractivity contribution in [2.24, 2.45) is 0 Å². The van der Waals surface area contributed by atoms with Crippen molar-refractivity contribution in [1.29, 1.82) is 0 Å². The molecule has 4 aromatic carbocycles. The van der Waals surface area contributed by atoms with Gasteiger partial charge in [-0.05, 0) is 45.9 Å². The average Bonchev–Trinajstić information content (AvgIpc) is 3.69. The van der Waals surface area contributed by atoms with Crippen LogP contribution in [-0.4, -0.2) is 49.8 Å². The topological polar surface area (TPSA) is 71.6 Å². The Bertz CT molecular complexity index is 1960. The fourth-order valence-electron chi connectivity index (χ4n) is 7.51. The number of carbonyl (C=O) groups is 2. The van der Waals surface area contributed by atoms with Crippen LogP contribution in [0.2, 0.25) is 0 Å². The van der Waals surface area contributed by atoms with Gasteiger partial charge in [0.1, 0.15) is 0 Å². The SMILES string of the molecule is CC(C)c1cccc(C(C)C)c1N1[CH-]N(c2c(C(C)C)cccc2C(C)C)CC1.CCC1Oc2c([CH]=[Ru][Cl])cccc2N(C(=O)c2ccc(OC)cc2OC)C1=O. The summed E-state index contributed by atoms with van der Waals surface area (Å²) in [6.45, 7) is 24.7. The van der Waals surface area contributed by atoms with Crippen LogP contribution in [0.3, 0.4) is 0 Å². The first kappa shape index (κ1) is 43.9. The summed E-state index contributed by atoms with van der Waals surface area (Å²) in [6.07, 6.45) is -0.314. The van der Waals surface area contributed by atoms with Crippen LogP contribution in [0.15, 0.2) is 72.8 Å². The number of fused-ring (bicyclic) bond motifs is 1. The number of amides is 2. The molecule has 1 fully saturated rings. The second-order valence-electron chi connectivity index (χ2n) is 15.6. The first-order valence-electron chi connectivity index (χ1n) is 19.9. The zero-order chi connectivity index (χ0) is 41.6. The van der Waals surface area contributed by atoms with Crippen molar-refractivity contribution in [3.63, 3.8) is 0 Å². The molecular formula is C47H58ClN3O5Ru-. The normalized spacial score (nSPS) is 15.5. The molecule has 0 aliphatic carbocycles. The standard InChI is InChI=1S/C27H39N2.C20H19NO5.ClH.Ru/c1-18(2)22-11-9-12-23(19(3)4)26(22)28-15-16-29(17-28)27-24(20(5)6)13-10-14-25(27)21(7)8;1-5-16-20(23)21(15-8-6-7-12(2)18(15)26-16)19(22)14-10-9-13(24-3)11-17(14)25-4;;/h9-14,17-21H,15-16H2,1-8H3;2,6-11,16H,5H2,1,3-4H3;1H;/q-1;;;+1/p-1. The molecule has 2 aliphatic heterocycles. The third kappa shape index (κ3) is 9.42. The van der Waals surface area contributed by atoms with Gasteiger partial charge in [-0.1, -0.05) is 91.8 Å². The second kappa shape index (κ2) is 19.5. The van der Waals surface area contributed by atoms with Gasteiger partial charge in [0.05, 0.1) is 0 Å². The number of para-hydroxylation sites is 3. The molecule has 1 unspecified atom stereocenters. The van der Waals surface area contributed by atoms with Crippen LogP contribution in [0.25, 0.3) is 0 Å². The van der Waals surface area contributed by atoms with Gasteiger partial charge in [0.25, 0.3) is 0 Å². The summed E-state index contributed by atoms with van der Waals surface area (Å²) in [5, 5.41) is 0. The van der Waals surface area contributed by atoms with Gasteiger partial charge in [0.2, 0.25) is 0 Å². The number of halogens is 1. The molecule has 0 N–H and O–H groups in total. The van der Waals surface area contributed by atoms with E-state index in [2.05, 4.69) is 108 Å². The Hall–Kier alpha value is -4.20. The molecule has 4 aromatic rings. The third-order valence-electron chi connectivity index (χ3n) is 10.5. The number of hydrogen-bond donors (Lipinski definition) is 0. The molecule has 10 heteroatoms. The summed E-state index contributed by atoms with van der Waals surface area (Å²) < 4.78 is 18.3. The van der Waals surface area contributed by atoms with Crippen molar-refractivity contribution >= 4 is 43.2 Å². The predicted octanol–water partition coefficient (Wildman–Crippen LogP) is 11.1. The van der Waals surface area contributed by atoms with E-state index in [1.165, 1.54) is 52.7 Å². The maximum atomic E-state index is 13.4. The monoisotopic (exact) mass is 881 g/mol. The van der Waals surface area contributed by atoms with Crippen LogP contribution in [0.4, 0.5) is 17.1 Å². The van der Waals surface area contributed by atoms with E-state index in [-0.39, 0.29) is 5.56 Å². The molecule has 57 heavy (non-hydrogen) atoms. The van der Waals surface area contributed by atoms with E-state index < -0.39 is 33.6 Å². The van der Waals surface area contributed by atoms with E-state index in [0.29, 0.717) is 53.0 Å². The second-order valence-corrected chi connectivity index (χ2v) is 17.4. The number of imide groups is 1. The number of methoxy groups -OCH3 is 2. The molecule has 1 atom stereocenters. The summed E-state index contributed by atoms with van der Waals surface area (Å²) in [5.74, 6) is 2.53. The van der Waals surface area contributed by atoms with E-state index in [9.17, 15) is 9.59 Å². The minimum absolute atomic E-state index is 0.261. The predicted molar refractivity (Wildman–Crippen MR) is 232 cm³/mol. The van der Waals surface area contributed by atoms with Crippen LogP contribution in [0.5, 0.6) is 17.2 Å². The minimum atomic E-state index is -0.749. The summed E-state index contributed by atoms with van der Waals surface area (Å²) in [4.78, 5) is 32.6. The van der Waals surface area contributed by atoms with Crippen molar-refractivity contribution in [3.05, 3.63) is 113 Å². The fraction of sp³-hybridized carbons (Fsp3) is 0.404. The fourth-order valence-corrected chi connectivity index (χ4v) is 8.60. The summed E-state index contributed by atoms with van der Waals surface area (Å²) in [6, 6.07) is 23.9. The number of ether oxygens (including phenoxy) is 3. The van der Waals surface area contributed by atoms with Crippen molar-refractivity contribution in [3.8, 4) is 17.2 Å². The van der Waals surface area contributed by atoms with Crippen LogP contribution >= 0.6 is 9.69 Å². The quantitative estimate of drug-likeness (QED) is 0.0844. The van der Waals surface area contributed by atoms with Gasteiger partial charge in [0, 0.05) is 24.5 Å². The molecule has 0 saturated carbocycles. The Morgan fingerprint density at radius 1 is 0.807 bits per heavy atom. The van der Waals surface area contributed by atoms with Crippen molar-refractivity contribution in [2.45, 2.75) is 98.5 Å². The van der Waals surface area contributed by atoms with E-state index in [4.69, 9.17) is 23.9 Å². The molecule has 2 amide bonds. The Labute approximate surface area is 351 Å². The van der Waals surface area contributed by atoms with Crippen LogP contribution in [-0.2, 0) is 20.5 Å². The molecule has 0 radical (unpaired) electrons. The summed E-state index contributed by atoms with van der Waals surface area (Å²) in [7, 11) is 8.94. The Kier molecular flexibility index (Phi) is 15.0. The molecule has 2 aliphatic rings. The van der Waals surface area contributed by atoms with Crippen molar-refractivity contribution < 1.29 is 39.5 Å². The molecule has 2 heterocycles. The van der Waals surface area contributed by atoms with Crippen molar-refractivity contribution in [1.82, 2.24) is 0 Å². The number of rotatable bonds is 11. The van der Waals surface area contributed by atoms with E-state index >= 15 is 0 Å². The number of carbonyl (C=O) groups excluding carboxylic acids is 2. The van der Waals surface area contributed by atoms with Gasteiger partial charge in [-0.25, -0.2) is 0 Å². The van der Waals surface area contributed by atoms with Gasteiger partial charge >= 0.3 is 175 Å². The Balaban J connectivity index is 0.000000218. The molecule has 0 spiro atoms. The zero-order valence-electron chi connectivity index (χ0n) is 35.2. The molecule has 0 aromatic heterocycles. The van der Waals surface area contributed by atoms with Gasteiger partial charge in [-0.15, -0.1) is 0 Å². The first-order chi connectivity index (χ1) is 27.3. The number of nitrogens with zero attached hydrogens (tertiary/aromatic N) is 3. The van der Waals surface area contributed by atoms with Gasteiger partial charge in [-0.3, -0.25) is 0 Å². The number of hydrogen-bond acceptors (Lipinski definition) is 7. The van der Waals surface area contributed by atoms with E-state index in [1.54, 1.807) is 30.3 Å². The average molecular weight is 882 g/mol. The number of benzene rings is 4. The Morgan fingerprint density at radius 2 is 1.32 bits per heavy atom. The van der Waals surface area contributed by atoms with E-state index in [0.717, 1.165) is 18.7 Å². The Morgan fingerprint density at radius 3 is 1.75 bits per heavy atom. The van der Waals surface area contributed by atoms with Crippen LogP contribution < -0.4 is 28.9 Å². The molecule has 307 valence electrons. The van der Waals surface area contributed by atoms with Crippen LogP contribution in [0, 0.1) is 6.67 Å². The van der Waals surface area contributed by atoms with Crippen molar-refractivity contribution in [2.75, 3.05) is 42.0 Å².